The second kappa shape index (κ2) is 7.19. The van der Waals surface area contributed by atoms with E-state index >= 15 is 0 Å². The summed E-state index contributed by atoms with van der Waals surface area (Å²) in [6.07, 6.45) is 2.03. The van der Waals surface area contributed by atoms with Crippen molar-refractivity contribution >= 4 is 18.0 Å². The molecular formula is C10H14N4O6. The molecule has 20 heavy (non-hydrogen) atoms. The summed E-state index contributed by atoms with van der Waals surface area (Å²) in [6.45, 7) is 0.609. The fraction of sp³-hybridized carbons (Fsp3) is 0.500. The molecule has 0 amide bonds. The Morgan fingerprint density at radius 1 is 1.60 bits per heavy atom. The van der Waals surface area contributed by atoms with E-state index in [2.05, 4.69) is 4.98 Å². The zero-order valence-corrected chi connectivity index (χ0v) is 10.8. The molecule has 0 unspecified atom stereocenters. The standard InChI is InChI=1S/C10H14N4O6/c1-8(16)20-5-3-13-9(7-12(17)2-4-15)11-6-10(13)14(18)19/h6-7,15H,2-5H2,1H3. The van der Waals surface area contributed by atoms with Crippen LogP contribution in [-0.2, 0) is 16.1 Å². The molecule has 0 aromatic carbocycles. The molecule has 0 radical (unpaired) electrons. The Balaban J connectivity index is 2.96. The summed E-state index contributed by atoms with van der Waals surface area (Å²) in [4.78, 5) is 24.6. The largest absolute Gasteiger partial charge is 0.624 e. The Kier molecular flexibility index (Phi) is 5.59. The number of aliphatic hydroxyl groups excluding tert-OH is 1. The van der Waals surface area contributed by atoms with E-state index < -0.39 is 10.9 Å². The van der Waals surface area contributed by atoms with Crippen molar-refractivity contribution in [2.45, 2.75) is 13.5 Å². The second-order valence-corrected chi connectivity index (χ2v) is 3.72. The van der Waals surface area contributed by atoms with Gasteiger partial charge in [-0.15, -0.1) is 0 Å². The van der Waals surface area contributed by atoms with Gasteiger partial charge < -0.3 is 25.2 Å². The fourth-order valence-electron chi connectivity index (χ4n) is 1.43. The normalized spacial score (nSPS) is 11.4. The van der Waals surface area contributed by atoms with Crippen LogP contribution >= 0.6 is 0 Å². The lowest BCUT2D eigenvalue weighted by Gasteiger charge is -2.04. The van der Waals surface area contributed by atoms with E-state index in [0.717, 1.165) is 17.0 Å². The van der Waals surface area contributed by atoms with Crippen molar-refractivity contribution in [3.8, 4) is 0 Å². The lowest BCUT2D eigenvalue weighted by atomic mass is 10.5. The summed E-state index contributed by atoms with van der Waals surface area (Å²) >= 11 is 0. The van der Waals surface area contributed by atoms with Crippen molar-refractivity contribution in [3.05, 3.63) is 27.3 Å². The van der Waals surface area contributed by atoms with Gasteiger partial charge >= 0.3 is 11.8 Å². The molecule has 110 valence electrons. The van der Waals surface area contributed by atoms with Gasteiger partial charge in [0, 0.05) is 6.92 Å². The molecule has 0 fully saturated rings. The number of rotatable bonds is 7. The average molecular weight is 286 g/mol. The number of hydroxylamine groups is 1. The van der Waals surface area contributed by atoms with Crippen LogP contribution in [0.5, 0.6) is 0 Å². The van der Waals surface area contributed by atoms with Gasteiger partial charge in [-0.05, 0) is 4.92 Å². The van der Waals surface area contributed by atoms with E-state index in [0.29, 0.717) is 4.74 Å². The van der Waals surface area contributed by atoms with Crippen molar-refractivity contribution in [2.24, 2.45) is 0 Å². The minimum absolute atomic E-state index is 0.00527. The Hall–Kier alpha value is -2.49. The first-order chi connectivity index (χ1) is 9.45. The van der Waals surface area contributed by atoms with Crippen LogP contribution in [0, 0.1) is 15.3 Å². The third kappa shape index (κ3) is 4.31. The lowest BCUT2D eigenvalue weighted by Crippen LogP contribution is -2.17. The number of esters is 1. The summed E-state index contributed by atoms with van der Waals surface area (Å²) in [5, 5.41) is 30.8. The molecule has 10 heteroatoms. The summed E-state index contributed by atoms with van der Waals surface area (Å²) in [5.41, 5.74) is 0. The number of ether oxygens (including phenoxy) is 1. The van der Waals surface area contributed by atoms with Gasteiger partial charge in [0.25, 0.3) is 5.82 Å². The molecule has 0 aliphatic rings. The van der Waals surface area contributed by atoms with Crippen LogP contribution in [0.2, 0.25) is 0 Å². The Bertz CT molecular complexity index is 524. The van der Waals surface area contributed by atoms with Crippen molar-refractivity contribution in [1.29, 1.82) is 0 Å². The number of hydrogen-bond donors (Lipinski definition) is 1. The summed E-state index contributed by atoms with van der Waals surface area (Å²) in [6, 6.07) is 0. The van der Waals surface area contributed by atoms with E-state index in [-0.39, 0.29) is 37.9 Å². The van der Waals surface area contributed by atoms with Gasteiger partial charge in [0.2, 0.25) is 6.21 Å². The third-order valence-corrected chi connectivity index (χ3v) is 2.25. The first-order valence-electron chi connectivity index (χ1n) is 5.68. The highest BCUT2D eigenvalue weighted by Gasteiger charge is 2.21. The lowest BCUT2D eigenvalue weighted by molar-refractivity contribution is -0.455. The topological polar surface area (TPSA) is 134 Å². The van der Waals surface area contributed by atoms with Gasteiger partial charge in [-0.3, -0.25) is 4.79 Å². The van der Waals surface area contributed by atoms with Crippen molar-refractivity contribution < 1.29 is 24.3 Å². The molecule has 0 aliphatic carbocycles. The van der Waals surface area contributed by atoms with Crippen LogP contribution < -0.4 is 0 Å². The number of imidazole rings is 1. The molecule has 0 spiro atoms. The first kappa shape index (κ1) is 15.6. The number of carbonyl (C=O) groups excluding carboxylic acids is 1. The Morgan fingerprint density at radius 2 is 2.30 bits per heavy atom. The average Bonchev–Trinajstić information content (AvgIpc) is 2.72. The van der Waals surface area contributed by atoms with E-state index in [1.54, 1.807) is 0 Å². The number of aliphatic hydroxyl groups is 1. The van der Waals surface area contributed by atoms with Gasteiger partial charge in [-0.25, -0.2) is 9.72 Å². The predicted octanol–water partition coefficient (Wildman–Crippen LogP) is -0.724. The SMILES string of the molecule is CC(=O)OCCn1c([N+](=O)[O-])cnc1C=[N+]([O-])CCO. The molecular weight excluding hydrogens is 272 g/mol. The molecule has 10 nitrogen and oxygen atoms in total. The van der Waals surface area contributed by atoms with Crippen molar-refractivity contribution in [3.63, 3.8) is 0 Å². The van der Waals surface area contributed by atoms with Crippen LogP contribution in [0.3, 0.4) is 0 Å². The molecule has 0 atom stereocenters. The second-order valence-electron chi connectivity index (χ2n) is 3.72. The van der Waals surface area contributed by atoms with E-state index in [1.165, 1.54) is 6.92 Å². The minimum Gasteiger partial charge on any atom is -0.624 e. The van der Waals surface area contributed by atoms with Crippen LogP contribution in [0.1, 0.15) is 12.7 Å². The fourth-order valence-corrected chi connectivity index (χ4v) is 1.43. The minimum atomic E-state index is -0.653. The first-order valence-corrected chi connectivity index (χ1v) is 5.68. The zero-order chi connectivity index (χ0) is 15.1. The smallest absolute Gasteiger partial charge is 0.343 e. The van der Waals surface area contributed by atoms with E-state index in [1.807, 2.05) is 0 Å². The van der Waals surface area contributed by atoms with Crippen molar-refractivity contribution in [2.75, 3.05) is 19.8 Å². The van der Waals surface area contributed by atoms with Crippen LogP contribution in [0.25, 0.3) is 0 Å². The Morgan fingerprint density at radius 3 is 2.85 bits per heavy atom. The maximum absolute atomic E-state index is 11.3. The zero-order valence-electron chi connectivity index (χ0n) is 10.8. The number of hydrogen-bond acceptors (Lipinski definition) is 7. The summed E-state index contributed by atoms with van der Waals surface area (Å²) < 4.78 is 6.26. The summed E-state index contributed by atoms with van der Waals surface area (Å²) in [7, 11) is 0. The molecule has 0 bridgehead atoms. The Labute approximate surface area is 113 Å². The summed E-state index contributed by atoms with van der Waals surface area (Å²) in [5.74, 6) is -0.780. The molecule has 0 saturated heterocycles. The van der Waals surface area contributed by atoms with Gasteiger partial charge in [0.15, 0.2) is 6.54 Å². The highest BCUT2D eigenvalue weighted by Crippen LogP contribution is 2.12. The number of aromatic nitrogens is 2. The number of nitro groups is 1. The van der Waals surface area contributed by atoms with E-state index in [4.69, 9.17) is 9.84 Å². The van der Waals surface area contributed by atoms with Crippen LogP contribution in [0.4, 0.5) is 5.82 Å². The molecule has 1 aromatic rings. The maximum Gasteiger partial charge on any atom is 0.343 e. The molecule has 0 saturated carbocycles. The number of nitrogens with zero attached hydrogens (tertiary/aromatic N) is 4. The maximum atomic E-state index is 11.3. The highest BCUT2D eigenvalue weighted by atomic mass is 16.6. The van der Waals surface area contributed by atoms with Gasteiger partial charge in [-0.2, -0.15) is 4.57 Å². The predicted molar refractivity (Wildman–Crippen MR) is 66.3 cm³/mol. The monoisotopic (exact) mass is 286 g/mol. The van der Waals surface area contributed by atoms with Gasteiger partial charge in [0.05, 0.1) is 0 Å². The van der Waals surface area contributed by atoms with Crippen molar-refractivity contribution in [1.82, 2.24) is 9.55 Å². The number of carbonyl (C=O) groups is 1. The molecule has 1 aromatic heterocycles. The van der Waals surface area contributed by atoms with Gasteiger partial charge in [0.1, 0.15) is 26.0 Å². The quantitative estimate of drug-likeness (QED) is 0.174. The molecule has 1 N–H and O–H groups in total. The molecule has 1 heterocycles. The highest BCUT2D eigenvalue weighted by molar-refractivity contribution is 5.71. The van der Waals surface area contributed by atoms with Crippen LogP contribution in [0.15, 0.2) is 6.20 Å². The van der Waals surface area contributed by atoms with E-state index in [9.17, 15) is 20.1 Å². The third-order valence-electron chi connectivity index (χ3n) is 2.25. The van der Waals surface area contributed by atoms with Gasteiger partial charge in [-0.1, -0.05) is 0 Å². The van der Waals surface area contributed by atoms with Crippen LogP contribution in [-0.4, -0.2) is 56.3 Å². The molecule has 1 rings (SSSR count). The molecule has 0 aliphatic heterocycles.